The molecule has 0 spiro atoms. The van der Waals surface area contributed by atoms with Crippen LogP contribution >= 0.6 is 0 Å². The van der Waals surface area contributed by atoms with Gasteiger partial charge >= 0.3 is 0 Å². The highest BCUT2D eigenvalue weighted by Crippen LogP contribution is 2.05. The molecule has 0 atom stereocenters. The molecule has 0 radical (unpaired) electrons. The quantitative estimate of drug-likeness (QED) is 0.625. The fraction of sp³-hybridized carbons (Fsp3) is 0.727. The zero-order valence-electron chi connectivity index (χ0n) is 9.86. The van der Waals surface area contributed by atoms with Gasteiger partial charge in [-0.3, -0.25) is 14.4 Å². The average Bonchev–Trinajstić information content (AvgIpc) is 2.41. The smallest absolute Gasteiger partial charge is 0.230 e. The second kappa shape index (κ2) is 5.63. The summed E-state index contributed by atoms with van der Waals surface area (Å²) in [5, 5.41) is 0. The van der Waals surface area contributed by atoms with Crippen LogP contribution in [0.4, 0.5) is 0 Å². The Hall–Kier alpha value is -1.39. The number of Topliss-reactive ketones (excluding diaryl/α,β-unsaturated/α-hetero) is 1. The normalized spacial score (nSPS) is 16.9. The molecule has 1 heterocycles. The van der Waals surface area contributed by atoms with Crippen molar-refractivity contribution in [2.75, 3.05) is 26.2 Å². The van der Waals surface area contributed by atoms with Gasteiger partial charge in [-0.2, -0.15) is 0 Å². The van der Waals surface area contributed by atoms with Gasteiger partial charge in [-0.05, 0) is 13.3 Å². The Balaban J connectivity index is 2.49. The van der Waals surface area contributed by atoms with Crippen molar-refractivity contribution in [2.24, 2.45) is 0 Å². The monoisotopic (exact) mass is 226 g/mol. The van der Waals surface area contributed by atoms with Gasteiger partial charge in [0.25, 0.3) is 0 Å². The van der Waals surface area contributed by atoms with E-state index in [4.69, 9.17) is 0 Å². The Morgan fingerprint density at radius 2 is 1.50 bits per heavy atom. The second-order valence-electron chi connectivity index (χ2n) is 4.12. The lowest BCUT2D eigenvalue weighted by atomic mass is 10.2. The number of carbonyl (C=O) groups is 3. The van der Waals surface area contributed by atoms with E-state index in [-0.39, 0.29) is 24.0 Å². The largest absolute Gasteiger partial charge is 0.341 e. The molecule has 0 aliphatic carbocycles. The lowest BCUT2D eigenvalue weighted by Crippen LogP contribution is -2.37. The Morgan fingerprint density at radius 1 is 0.938 bits per heavy atom. The van der Waals surface area contributed by atoms with Gasteiger partial charge < -0.3 is 9.80 Å². The predicted octanol–water partition coefficient (Wildman–Crippen LogP) is 0.0463. The first-order chi connectivity index (χ1) is 7.50. The molecule has 1 rings (SSSR count). The molecule has 0 unspecified atom stereocenters. The molecule has 90 valence electrons. The summed E-state index contributed by atoms with van der Waals surface area (Å²) < 4.78 is 0. The molecule has 1 aliphatic rings. The Kier molecular flexibility index (Phi) is 4.46. The van der Waals surface area contributed by atoms with Crippen molar-refractivity contribution >= 4 is 17.6 Å². The number of hydrogen-bond acceptors (Lipinski definition) is 3. The summed E-state index contributed by atoms with van der Waals surface area (Å²) in [5.74, 6) is -0.198. The van der Waals surface area contributed by atoms with E-state index in [0.717, 1.165) is 6.42 Å². The van der Waals surface area contributed by atoms with Crippen molar-refractivity contribution in [1.82, 2.24) is 9.80 Å². The summed E-state index contributed by atoms with van der Waals surface area (Å²) in [7, 11) is 0. The number of nitrogens with zero attached hydrogens (tertiary/aromatic N) is 2. The van der Waals surface area contributed by atoms with Crippen molar-refractivity contribution in [3.05, 3.63) is 0 Å². The van der Waals surface area contributed by atoms with E-state index >= 15 is 0 Å². The van der Waals surface area contributed by atoms with Gasteiger partial charge in [0.1, 0.15) is 5.78 Å². The number of amides is 2. The third kappa shape index (κ3) is 3.64. The van der Waals surface area contributed by atoms with E-state index in [1.54, 1.807) is 9.80 Å². The van der Waals surface area contributed by atoms with Gasteiger partial charge in [0.2, 0.25) is 11.8 Å². The molecule has 0 aromatic heterocycles. The fourth-order valence-electron chi connectivity index (χ4n) is 1.81. The first-order valence-electron chi connectivity index (χ1n) is 5.53. The molecule has 0 saturated carbocycles. The summed E-state index contributed by atoms with van der Waals surface area (Å²) in [6.07, 6.45) is 0.753. The summed E-state index contributed by atoms with van der Waals surface area (Å²) in [4.78, 5) is 37.1. The molecule has 0 bridgehead atoms. The van der Waals surface area contributed by atoms with Gasteiger partial charge in [0.05, 0.1) is 6.42 Å². The summed E-state index contributed by atoms with van der Waals surface area (Å²) >= 11 is 0. The Morgan fingerprint density at radius 3 is 2.06 bits per heavy atom. The lowest BCUT2D eigenvalue weighted by Gasteiger charge is -2.20. The average molecular weight is 226 g/mol. The summed E-state index contributed by atoms with van der Waals surface area (Å²) in [6.45, 7) is 5.38. The molecule has 1 saturated heterocycles. The first-order valence-corrected chi connectivity index (χ1v) is 5.53. The van der Waals surface area contributed by atoms with Crippen LogP contribution in [0.25, 0.3) is 0 Å². The van der Waals surface area contributed by atoms with E-state index in [0.29, 0.717) is 26.2 Å². The van der Waals surface area contributed by atoms with Gasteiger partial charge in [-0.25, -0.2) is 0 Å². The van der Waals surface area contributed by atoms with Crippen LogP contribution in [0.2, 0.25) is 0 Å². The molecule has 2 amide bonds. The second-order valence-corrected chi connectivity index (χ2v) is 4.12. The highest BCUT2D eigenvalue weighted by atomic mass is 16.2. The Bertz CT molecular complexity index is 302. The number of carbonyl (C=O) groups excluding carboxylic acids is 3. The first kappa shape index (κ1) is 12.7. The molecular weight excluding hydrogens is 208 g/mol. The minimum atomic E-state index is -0.127. The highest BCUT2D eigenvalue weighted by Gasteiger charge is 2.20. The number of hydrogen-bond donors (Lipinski definition) is 0. The zero-order valence-corrected chi connectivity index (χ0v) is 9.86. The highest BCUT2D eigenvalue weighted by molar-refractivity contribution is 5.96. The molecule has 16 heavy (non-hydrogen) atoms. The van der Waals surface area contributed by atoms with Crippen LogP contribution in [0.1, 0.15) is 26.7 Å². The minimum Gasteiger partial charge on any atom is -0.341 e. The van der Waals surface area contributed by atoms with Gasteiger partial charge in [-0.15, -0.1) is 0 Å². The van der Waals surface area contributed by atoms with E-state index < -0.39 is 0 Å². The third-order valence-electron chi connectivity index (χ3n) is 2.69. The Labute approximate surface area is 95.4 Å². The van der Waals surface area contributed by atoms with Gasteiger partial charge in [0, 0.05) is 33.1 Å². The van der Waals surface area contributed by atoms with Gasteiger partial charge in [-0.1, -0.05) is 0 Å². The molecule has 1 fully saturated rings. The zero-order chi connectivity index (χ0) is 12.1. The van der Waals surface area contributed by atoms with Crippen molar-refractivity contribution in [3.8, 4) is 0 Å². The van der Waals surface area contributed by atoms with E-state index in [1.807, 2.05) is 0 Å². The maximum atomic E-state index is 11.6. The van der Waals surface area contributed by atoms with Crippen LogP contribution in [0.5, 0.6) is 0 Å². The van der Waals surface area contributed by atoms with Crippen molar-refractivity contribution in [1.29, 1.82) is 0 Å². The summed E-state index contributed by atoms with van der Waals surface area (Å²) in [6, 6.07) is 0. The molecule has 0 aromatic rings. The minimum absolute atomic E-state index is 0.0277. The van der Waals surface area contributed by atoms with Crippen LogP contribution in [-0.4, -0.2) is 53.6 Å². The van der Waals surface area contributed by atoms with Gasteiger partial charge in [0.15, 0.2) is 0 Å². The van der Waals surface area contributed by atoms with E-state index in [9.17, 15) is 14.4 Å². The van der Waals surface area contributed by atoms with Crippen LogP contribution in [0, 0.1) is 0 Å². The topological polar surface area (TPSA) is 57.7 Å². The predicted molar refractivity (Wildman–Crippen MR) is 58.7 cm³/mol. The number of rotatable bonds is 2. The van der Waals surface area contributed by atoms with Crippen LogP contribution in [0.3, 0.4) is 0 Å². The molecular formula is C11H18N2O3. The van der Waals surface area contributed by atoms with Crippen molar-refractivity contribution in [3.63, 3.8) is 0 Å². The van der Waals surface area contributed by atoms with Crippen LogP contribution in [0.15, 0.2) is 0 Å². The standard InChI is InChI=1S/C11H18N2O3/c1-9(14)8-11(16)13-5-3-4-12(6-7-13)10(2)15/h3-8H2,1-2H3. The van der Waals surface area contributed by atoms with Crippen molar-refractivity contribution in [2.45, 2.75) is 26.7 Å². The molecule has 0 N–H and O–H groups in total. The molecule has 5 nitrogen and oxygen atoms in total. The molecule has 1 aliphatic heterocycles. The molecule has 0 aromatic carbocycles. The van der Waals surface area contributed by atoms with Crippen LogP contribution in [-0.2, 0) is 14.4 Å². The van der Waals surface area contributed by atoms with E-state index in [1.165, 1.54) is 13.8 Å². The molecule has 5 heteroatoms. The van der Waals surface area contributed by atoms with Crippen molar-refractivity contribution < 1.29 is 14.4 Å². The maximum absolute atomic E-state index is 11.6. The van der Waals surface area contributed by atoms with E-state index in [2.05, 4.69) is 0 Å². The fourth-order valence-corrected chi connectivity index (χ4v) is 1.81. The summed E-state index contributed by atoms with van der Waals surface area (Å²) in [5.41, 5.74) is 0. The third-order valence-corrected chi connectivity index (χ3v) is 2.69. The van der Waals surface area contributed by atoms with Crippen LogP contribution < -0.4 is 0 Å². The maximum Gasteiger partial charge on any atom is 0.230 e. The lowest BCUT2D eigenvalue weighted by molar-refractivity contribution is -0.135. The SMILES string of the molecule is CC(=O)CC(=O)N1CCCN(C(C)=O)CC1. The number of ketones is 1.